The molecule has 2 aromatic carbocycles. The Labute approximate surface area is 181 Å². The fourth-order valence-corrected chi connectivity index (χ4v) is 3.78. The molecule has 1 amide bonds. The lowest BCUT2D eigenvalue weighted by atomic mass is 10.1. The van der Waals surface area contributed by atoms with Crippen molar-refractivity contribution in [1.82, 2.24) is 9.47 Å². The van der Waals surface area contributed by atoms with Gasteiger partial charge in [-0.2, -0.15) is 0 Å². The summed E-state index contributed by atoms with van der Waals surface area (Å²) in [5.74, 6) is 0.0929. The number of rotatable bonds is 9. The number of carbonyl (C=O) groups excluding carboxylic acids is 1. The van der Waals surface area contributed by atoms with Crippen LogP contribution in [0.15, 0.2) is 66.9 Å². The number of benzene rings is 2. The van der Waals surface area contributed by atoms with E-state index in [1.807, 2.05) is 17.0 Å². The van der Waals surface area contributed by atoms with Crippen LogP contribution in [-0.4, -0.2) is 21.4 Å². The molecule has 0 saturated heterocycles. The topological polar surface area (TPSA) is 25.2 Å². The number of carbonyl (C=O) groups is 1. The molecule has 30 heavy (non-hydrogen) atoms. The number of hydrogen-bond donors (Lipinski definition) is 0. The first kappa shape index (κ1) is 21.9. The normalized spacial score (nSPS) is 11.1. The number of nitrogens with zero attached hydrogens (tertiary/aromatic N) is 2. The monoisotopic (exact) mass is 402 g/mol. The van der Waals surface area contributed by atoms with Crippen molar-refractivity contribution in [2.75, 3.05) is 0 Å². The molecule has 0 bridgehead atoms. The zero-order chi connectivity index (χ0) is 21.5. The summed E-state index contributed by atoms with van der Waals surface area (Å²) < 4.78 is 2.24. The van der Waals surface area contributed by atoms with Gasteiger partial charge in [-0.05, 0) is 69.0 Å². The molecule has 3 aromatic rings. The quantitative estimate of drug-likeness (QED) is 0.416. The molecule has 0 N–H and O–H groups in total. The van der Waals surface area contributed by atoms with E-state index in [2.05, 4.69) is 87.0 Å². The van der Waals surface area contributed by atoms with Gasteiger partial charge in [0.1, 0.15) is 0 Å². The Hall–Kier alpha value is -2.81. The molecule has 0 saturated carbocycles. The first-order valence-corrected chi connectivity index (χ1v) is 11.1. The Balaban J connectivity index is 1.75. The summed E-state index contributed by atoms with van der Waals surface area (Å²) in [4.78, 5) is 15.2. The van der Waals surface area contributed by atoms with Crippen molar-refractivity contribution in [2.45, 2.75) is 66.1 Å². The van der Waals surface area contributed by atoms with Gasteiger partial charge >= 0.3 is 0 Å². The van der Waals surface area contributed by atoms with E-state index in [0.29, 0.717) is 6.54 Å². The SMILES string of the molecule is CCCCc1ccc(C(=O)N(Cc2cccn2Cc2cccc(C)c2)C(C)C)cc1. The van der Waals surface area contributed by atoms with Crippen LogP contribution in [0.5, 0.6) is 0 Å². The van der Waals surface area contributed by atoms with Crippen LogP contribution in [0, 0.1) is 6.92 Å². The summed E-state index contributed by atoms with van der Waals surface area (Å²) in [7, 11) is 0. The van der Waals surface area contributed by atoms with Crippen LogP contribution in [-0.2, 0) is 19.5 Å². The van der Waals surface area contributed by atoms with Crippen LogP contribution in [0.25, 0.3) is 0 Å². The largest absolute Gasteiger partial charge is 0.345 e. The second-order valence-electron chi connectivity index (χ2n) is 8.44. The number of hydrogen-bond acceptors (Lipinski definition) is 1. The third-order valence-electron chi connectivity index (χ3n) is 5.60. The van der Waals surface area contributed by atoms with Crippen molar-refractivity contribution in [3.63, 3.8) is 0 Å². The second-order valence-corrected chi connectivity index (χ2v) is 8.44. The van der Waals surface area contributed by atoms with Crippen LogP contribution in [0.4, 0.5) is 0 Å². The van der Waals surface area contributed by atoms with Crippen LogP contribution in [0.1, 0.15) is 66.4 Å². The summed E-state index contributed by atoms with van der Waals surface area (Å²) in [6, 6.07) is 21.1. The van der Waals surface area contributed by atoms with Crippen molar-refractivity contribution >= 4 is 5.91 Å². The average molecular weight is 403 g/mol. The van der Waals surface area contributed by atoms with Gasteiger partial charge in [-0.3, -0.25) is 4.79 Å². The molecule has 0 aliphatic heterocycles. The molecule has 0 fully saturated rings. The summed E-state index contributed by atoms with van der Waals surface area (Å²) in [6.07, 6.45) is 5.54. The summed E-state index contributed by atoms with van der Waals surface area (Å²) in [5.41, 5.74) is 5.76. The lowest BCUT2D eigenvalue weighted by Gasteiger charge is -2.27. The van der Waals surface area contributed by atoms with Gasteiger partial charge in [0, 0.05) is 30.0 Å². The smallest absolute Gasteiger partial charge is 0.254 e. The molecule has 0 aliphatic rings. The van der Waals surface area contributed by atoms with Crippen LogP contribution >= 0.6 is 0 Å². The van der Waals surface area contributed by atoms with Crippen LogP contribution < -0.4 is 0 Å². The lowest BCUT2D eigenvalue weighted by Crippen LogP contribution is -2.37. The van der Waals surface area contributed by atoms with E-state index in [4.69, 9.17) is 0 Å². The van der Waals surface area contributed by atoms with Crippen molar-refractivity contribution in [3.8, 4) is 0 Å². The van der Waals surface area contributed by atoms with Gasteiger partial charge in [0.2, 0.25) is 0 Å². The van der Waals surface area contributed by atoms with Crippen molar-refractivity contribution < 1.29 is 4.79 Å². The molecule has 158 valence electrons. The number of unbranched alkanes of at least 4 members (excludes halogenated alkanes) is 1. The fraction of sp³-hybridized carbons (Fsp3) is 0.370. The van der Waals surface area contributed by atoms with E-state index < -0.39 is 0 Å². The molecule has 1 heterocycles. The maximum absolute atomic E-state index is 13.3. The number of aromatic nitrogens is 1. The van der Waals surface area contributed by atoms with Crippen molar-refractivity contribution in [2.24, 2.45) is 0 Å². The lowest BCUT2D eigenvalue weighted by molar-refractivity contribution is 0.0686. The highest BCUT2D eigenvalue weighted by atomic mass is 16.2. The van der Waals surface area contributed by atoms with E-state index in [1.165, 1.54) is 29.5 Å². The maximum Gasteiger partial charge on any atom is 0.254 e. The Morgan fingerprint density at radius 1 is 1.00 bits per heavy atom. The molecule has 0 radical (unpaired) electrons. The van der Waals surface area contributed by atoms with Gasteiger partial charge < -0.3 is 9.47 Å². The van der Waals surface area contributed by atoms with E-state index >= 15 is 0 Å². The molecule has 0 atom stereocenters. The molecular weight excluding hydrogens is 368 g/mol. The van der Waals surface area contributed by atoms with Crippen LogP contribution in [0.2, 0.25) is 0 Å². The standard InChI is InChI=1S/C27H34N2O/c1-5-6-10-23-13-15-25(16-14-23)27(30)29(21(2)3)20-26-12-8-17-28(26)19-24-11-7-9-22(4)18-24/h7-9,11-18,21H,5-6,10,19-20H2,1-4H3. The third-order valence-corrected chi connectivity index (χ3v) is 5.60. The predicted molar refractivity (Wildman–Crippen MR) is 125 cm³/mol. The van der Waals surface area contributed by atoms with E-state index in [0.717, 1.165) is 24.2 Å². The molecule has 3 heteroatoms. The zero-order valence-electron chi connectivity index (χ0n) is 18.8. The number of aryl methyl sites for hydroxylation is 2. The Bertz CT molecular complexity index is 953. The van der Waals surface area contributed by atoms with Crippen LogP contribution in [0.3, 0.4) is 0 Å². The van der Waals surface area contributed by atoms with Gasteiger partial charge in [-0.1, -0.05) is 55.3 Å². The molecular formula is C27H34N2O. The van der Waals surface area contributed by atoms with Gasteiger partial charge in [0.15, 0.2) is 0 Å². The minimum atomic E-state index is 0.0929. The molecule has 1 aromatic heterocycles. The van der Waals surface area contributed by atoms with Crippen molar-refractivity contribution in [1.29, 1.82) is 0 Å². The fourth-order valence-electron chi connectivity index (χ4n) is 3.78. The first-order valence-electron chi connectivity index (χ1n) is 11.1. The van der Waals surface area contributed by atoms with Gasteiger partial charge in [0.25, 0.3) is 5.91 Å². The minimum Gasteiger partial charge on any atom is -0.345 e. The molecule has 3 rings (SSSR count). The van der Waals surface area contributed by atoms with Gasteiger partial charge in [0.05, 0.1) is 6.54 Å². The maximum atomic E-state index is 13.3. The highest BCUT2D eigenvalue weighted by Crippen LogP contribution is 2.17. The highest BCUT2D eigenvalue weighted by Gasteiger charge is 2.20. The van der Waals surface area contributed by atoms with Gasteiger partial charge in [-0.15, -0.1) is 0 Å². The van der Waals surface area contributed by atoms with Gasteiger partial charge in [-0.25, -0.2) is 0 Å². The van der Waals surface area contributed by atoms with Crippen molar-refractivity contribution in [3.05, 3.63) is 94.8 Å². The zero-order valence-corrected chi connectivity index (χ0v) is 18.8. The summed E-state index contributed by atoms with van der Waals surface area (Å²) >= 11 is 0. The third kappa shape index (κ3) is 5.63. The van der Waals surface area contributed by atoms with E-state index in [1.54, 1.807) is 0 Å². The Morgan fingerprint density at radius 3 is 2.43 bits per heavy atom. The van der Waals surface area contributed by atoms with E-state index in [9.17, 15) is 4.79 Å². The second kappa shape index (κ2) is 10.3. The summed E-state index contributed by atoms with van der Waals surface area (Å²) in [5, 5.41) is 0. The summed E-state index contributed by atoms with van der Waals surface area (Å²) in [6.45, 7) is 9.91. The predicted octanol–water partition coefficient (Wildman–Crippen LogP) is 6.24. The molecule has 0 aliphatic carbocycles. The Kier molecular flexibility index (Phi) is 7.51. The minimum absolute atomic E-state index is 0.0929. The Morgan fingerprint density at radius 2 is 1.77 bits per heavy atom. The molecule has 3 nitrogen and oxygen atoms in total. The average Bonchev–Trinajstić information content (AvgIpc) is 3.16. The number of amides is 1. The molecule has 0 unspecified atom stereocenters. The first-order chi connectivity index (χ1) is 14.5. The molecule has 0 spiro atoms. The van der Waals surface area contributed by atoms with E-state index in [-0.39, 0.29) is 11.9 Å². The highest BCUT2D eigenvalue weighted by molar-refractivity contribution is 5.94.